The number of benzene rings is 1. The molecule has 6 heteroatoms. The van der Waals surface area contributed by atoms with Crippen LogP contribution in [0.1, 0.15) is 6.42 Å². The van der Waals surface area contributed by atoms with Crippen molar-refractivity contribution in [3.8, 4) is 5.75 Å². The molecule has 84 valence electrons. The highest BCUT2D eigenvalue weighted by molar-refractivity contribution is 5.42. The molecule has 0 amide bonds. The van der Waals surface area contributed by atoms with Crippen LogP contribution in [0.25, 0.3) is 0 Å². The predicted molar refractivity (Wildman–Crippen MR) is 47.0 cm³/mol. The van der Waals surface area contributed by atoms with Gasteiger partial charge in [-0.2, -0.15) is 13.2 Å². The van der Waals surface area contributed by atoms with Crippen LogP contribution in [0.2, 0.25) is 0 Å². The van der Waals surface area contributed by atoms with Crippen molar-refractivity contribution in [2.45, 2.75) is 12.6 Å². The standard InChI is InChI=1S/C9H9F4NO/c10-7-5-6(14)1-2-8(7)15-4-3-9(11,12)13/h1-2,5H,3-4,14H2. The molecule has 0 aliphatic rings. The average Bonchev–Trinajstić information content (AvgIpc) is 2.07. The predicted octanol–water partition coefficient (Wildman–Crippen LogP) is 2.74. The quantitative estimate of drug-likeness (QED) is 0.631. The monoisotopic (exact) mass is 223 g/mol. The number of nitrogens with two attached hydrogens (primary N) is 1. The van der Waals surface area contributed by atoms with E-state index in [1.165, 1.54) is 12.1 Å². The molecule has 0 atom stereocenters. The number of hydrogen-bond donors (Lipinski definition) is 1. The zero-order chi connectivity index (χ0) is 11.5. The number of hydrogen-bond acceptors (Lipinski definition) is 2. The van der Waals surface area contributed by atoms with Gasteiger partial charge in [0, 0.05) is 11.8 Å². The molecule has 0 radical (unpaired) electrons. The van der Waals surface area contributed by atoms with E-state index < -0.39 is 25.0 Å². The van der Waals surface area contributed by atoms with Crippen LogP contribution in [-0.4, -0.2) is 12.8 Å². The number of nitrogen functional groups attached to an aromatic ring is 1. The maximum Gasteiger partial charge on any atom is 0.392 e. The van der Waals surface area contributed by atoms with E-state index in [1.807, 2.05) is 0 Å². The molecule has 0 saturated heterocycles. The summed E-state index contributed by atoms with van der Waals surface area (Å²) in [6, 6.07) is 3.54. The van der Waals surface area contributed by atoms with E-state index in [0.717, 1.165) is 6.07 Å². The van der Waals surface area contributed by atoms with E-state index in [-0.39, 0.29) is 11.4 Å². The van der Waals surface area contributed by atoms with Gasteiger partial charge in [-0.15, -0.1) is 0 Å². The van der Waals surface area contributed by atoms with E-state index in [0.29, 0.717) is 0 Å². The Kier molecular flexibility index (Phi) is 3.39. The van der Waals surface area contributed by atoms with Gasteiger partial charge in [0.25, 0.3) is 0 Å². The smallest absolute Gasteiger partial charge is 0.392 e. The Labute approximate surface area is 83.6 Å². The molecule has 0 bridgehead atoms. The third-order valence-corrected chi connectivity index (χ3v) is 1.60. The minimum absolute atomic E-state index is 0.190. The van der Waals surface area contributed by atoms with Crippen molar-refractivity contribution < 1.29 is 22.3 Å². The third-order valence-electron chi connectivity index (χ3n) is 1.60. The Hall–Kier alpha value is -1.46. The van der Waals surface area contributed by atoms with Gasteiger partial charge in [-0.05, 0) is 12.1 Å². The lowest BCUT2D eigenvalue weighted by molar-refractivity contribution is -0.139. The molecule has 2 nitrogen and oxygen atoms in total. The zero-order valence-corrected chi connectivity index (χ0v) is 7.64. The molecule has 0 unspecified atom stereocenters. The maximum absolute atomic E-state index is 13.0. The van der Waals surface area contributed by atoms with Crippen LogP contribution in [0.4, 0.5) is 23.2 Å². The summed E-state index contributed by atoms with van der Waals surface area (Å²) in [5.74, 6) is -0.995. The van der Waals surface area contributed by atoms with Gasteiger partial charge < -0.3 is 10.5 Å². The van der Waals surface area contributed by atoms with Gasteiger partial charge in [0.15, 0.2) is 11.6 Å². The highest BCUT2D eigenvalue weighted by Gasteiger charge is 2.26. The SMILES string of the molecule is Nc1ccc(OCCC(F)(F)F)c(F)c1. The summed E-state index contributed by atoms with van der Waals surface area (Å²) in [7, 11) is 0. The second-order valence-electron chi connectivity index (χ2n) is 2.90. The summed E-state index contributed by atoms with van der Waals surface area (Å²) in [6.07, 6.45) is -5.42. The maximum atomic E-state index is 13.0. The fourth-order valence-corrected chi connectivity index (χ4v) is 0.911. The Bertz CT molecular complexity index is 337. The van der Waals surface area contributed by atoms with E-state index in [4.69, 9.17) is 5.73 Å². The zero-order valence-electron chi connectivity index (χ0n) is 7.64. The molecular weight excluding hydrogens is 214 g/mol. The number of rotatable bonds is 3. The van der Waals surface area contributed by atoms with Crippen molar-refractivity contribution in [3.05, 3.63) is 24.0 Å². The molecule has 0 spiro atoms. The summed E-state index contributed by atoms with van der Waals surface area (Å²) < 4.78 is 52.8. The summed E-state index contributed by atoms with van der Waals surface area (Å²) in [5, 5.41) is 0. The van der Waals surface area contributed by atoms with Gasteiger partial charge in [-0.3, -0.25) is 0 Å². The Morgan fingerprint density at radius 2 is 1.93 bits per heavy atom. The van der Waals surface area contributed by atoms with Gasteiger partial charge in [0.2, 0.25) is 0 Å². The van der Waals surface area contributed by atoms with Crippen LogP contribution in [0.15, 0.2) is 18.2 Å². The lowest BCUT2D eigenvalue weighted by Gasteiger charge is -2.09. The van der Waals surface area contributed by atoms with Gasteiger partial charge in [-0.25, -0.2) is 4.39 Å². The molecule has 0 fully saturated rings. The molecule has 0 aromatic heterocycles. The van der Waals surface area contributed by atoms with Crippen molar-refractivity contribution in [2.24, 2.45) is 0 Å². The van der Waals surface area contributed by atoms with Gasteiger partial charge in [0.1, 0.15) is 0 Å². The molecule has 0 heterocycles. The Morgan fingerprint density at radius 1 is 1.27 bits per heavy atom. The molecule has 15 heavy (non-hydrogen) atoms. The highest BCUT2D eigenvalue weighted by atomic mass is 19.4. The first-order chi connectivity index (χ1) is 6.88. The van der Waals surface area contributed by atoms with E-state index in [9.17, 15) is 17.6 Å². The number of alkyl halides is 3. The Balaban J connectivity index is 2.51. The molecule has 1 aromatic carbocycles. The largest absolute Gasteiger partial charge is 0.490 e. The Morgan fingerprint density at radius 3 is 2.47 bits per heavy atom. The molecule has 1 aromatic rings. The van der Waals surface area contributed by atoms with Crippen LogP contribution in [-0.2, 0) is 0 Å². The van der Waals surface area contributed by atoms with Crippen LogP contribution < -0.4 is 10.5 Å². The first kappa shape index (κ1) is 11.6. The summed E-state index contributed by atoms with van der Waals surface area (Å²) >= 11 is 0. The summed E-state index contributed by atoms with van der Waals surface area (Å²) in [4.78, 5) is 0. The first-order valence-electron chi connectivity index (χ1n) is 4.13. The second kappa shape index (κ2) is 4.37. The topological polar surface area (TPSA) is 35.2 Å². The van der Waals surface area contributed by atoms with E-state index >= 15 is 0 Å². The molecule has 0 aliphatic carbocycles. The van der Waals surface area contributed by atoms with E-state index in [1.54, 1.807) is 0 Å². The van der Waals surface area contributed by atoms with E-state index in [2.05, 4.69) is 4.74 Å². The minimum atomic E-state index is -4.30. The van der Waals surface area contributed by atoms with Crippen molar-refractivity contribution in [2.75, 3.05) is 12.3 Å². The second-order valence-corrected chi connectivity index (χ2v) is 2.90. The number of ether oxygens (including phenoxy) is 1. The number of halogens is 4. The summed E-state index contributed by atoms with van der Waals surface area (Å²) in [6.45, 7) is -0.607. The summed E-state index contributed by atoms with van der Waals surface area (Å²) in [5.41, 5.74) is 5.44. The lowest BCUT2D eigenvalue weighted by Crippen LogP contribution is -2.13. The highest BCUT2D eigenvalue weighted by Crippen LogP contribution is 2.22. The van der Waals surface area contributed by atoms with Crippen molar-refractivity contribution >= 4 is 5.69 Å². The van der Waals surface area contributed by atoms with Crippen LogP contribution in [0.3, 0.4) is 0 Å². The van der Waals surface area contributed by atoms with Gasteiger partial charge in [-0.1, -0.05) is 0 Å². The fraction of sp³-hybridized carbons (Fsp3) is 0.333. The average molecular weight is 223 g/mol. The molecular formula is C9H9F4NO. The van der Waals surface area contributed by atoms with Crippen molar-refractivity contribution in [3.63, 3.8) is 0 Å². The first-order valence-corrected chi connectivity index (χ1v) is 4.13. The molecule has 0 saturated carbocycles. The molecule has 2 N–H and O–H groups in total. The molecule has 0 aliphatic heterocycles. The van der Waals surface area contributed by atoms with Crippen LogP contribution in [0, 0.1) is 5.82 Å². The van der Waals surface area contributed by atoms with Crippen molar-refractivity contribution in [1.29, 1.82) is 0 Å². The van der Waals surface area contributed by atoms with Gasteiger partial charge in [0.05, 0.1) is 13.0 Å². The normalized spacial score (nSPS) is 11.5. The van der Waals surface area contributed by atoms with Crippen LogP contribution >= 0.6 is 0 Å². The fourth-order valence-electron chi connectivity index (χ4n) is 0.911. The molecule has 1 rings (SSSR count). The minimum Gasteiger partial charge on any atom is -0.490 e. The van der Waals surface area contributed by atoms with Gasteiger partial charge >= 0.3 is 6.18 Å². The van der Waals surface area contributed by atoms with Crippen molar-refractivity contribution in [1.82, 2.24) is 0 Å². The van der Waals surface area contributed by atoms with Crippen LogP contribution in [0.5, 0.6) is 5.75 Å². The number of anilines is 1. The lowest BCUT2D eigenvalue weighted by atomic mass is 10.3. The third kappa shape index (κ3) is 4.05.